The van der Waals surface area contributed by atoms with Gasteiger partial charge in [-0.05, 0) is 49.5 Å². The molecular formula is C15H30N2. The summed E-state index contributed by atoms with van der Waals surface area (Å²) in [7, 11) is 2.25. The van der Waals surface area contributed by atoms with Crippen LogP contribution in [0.15, 0.2) is 0 Å². The zero-order valence-electron chi connectivity index (χ0n) is 12.1. The normalized spacial score (nSPS) is 34.6. The molecule has 0 aliphatic heterocycles. The number of nitrogens with zero attached hydrogens (tertiary/aromatic N) is 1. The van der Waals surface area contributed by atoms with E-state index in [0.717, 1.165) is 24.3 Å². The maximum Gasteiger partial charge on any atom is 0.0217 e. The third-order valence-electron chi connectivity index (χ3n) is 5.05. The minimum absolute atomic E-state index is 0.225. The van der Waals surface area contributed by atoms with Gasteiger partial charge in [0.25, 0.3) is 0 Å². The summed E-state index contributed by atoms with van der Waals surface area (Å²) in [6.07, 6.45) is 6.00. The van der Waals surface area contributed by atoms with Gasteiger partial charge >= 0.3 is 0 Å². The molecule has 0 aromatic heterocycles. The number of fused-ring (bicyclic) bond motifs is 2. The fraction of sp³-hybridized carbons (Fsp3) is 1.00. The van der Waals surface area contributed by atoms with Gasteiger partial charge in [-0.1, -0.05) is 27.2 Å². The standard InChI is InChI=1S/C15H30N2/c1-15(2,3)14(16)10-17(4)9-13-8-11-5-6-12(13)7-11/h11-14H,5-10,16H2,1-4H3. The molecule has 0 amide bonds. The zero-order valence-corrected chi connectivity index (χ0v) is 12.1. The summed E-state index contributed by atoms with van der Waals surface area (Å²) < 4.78 is 0. The van der Waals surface area contributed by atoms with Crippen molar-refractivity contribution < 1.29 is 0 Å². The highest BCUT2D eigenvalue weighted by atomic mass is 15.1. The fourth-order valence-electron chi connectivity index (χ4n) is 3.68. The quantitative estimate of drug-likeness (QED) is 0.816. The molecule has 0 aromatic carbocycles. The van der Waals surface area contributed by atoms with E-state index in [4.69, 9.17) is 5.73 Å². The van der Waals surface area contributed by atoms with Crippen molar-refractivity contribution >= 4 is 0 Å². The molecule has 0 spiro atoms. The predicted octanol–water partition coefficient (Wildman–Crippen LogP) is 2.73. The van der Waals surface area contributed by atoms with Gasteiger partial charge in [0.05, 0.1) is 0 Å². The van der Waals surface area contributed by atoms with Crippen molar-refractivity contribution in [3.8, 4) is 0 Å². The van der Waals surface area contributed by atoms with Crippen LogP contribution in [0.3, 0.4) is 0 Å². The van der Waals surface area contributed by atoms with Gasteiger partial charge in [0.2, 0.25) is 0 Å². The molecule has 0 heterocycles. The monoisotopic (exact) mass is 238 g/mol. The molecule has 0 saturated heterocycles. The van der Waals surface area contributed by atoms with E-state index in [0.29, 0.717) is 0 Å². The second kappa shape index (κ2) is 4.89. The summed E-state index contributed by atoms with van der Waals surface area (Å²) in [6, 6.07) is 0.283. The van der Waals surface area contributed by atoms with Crippen LogP contribution < -0.4 is 5.73 Å². The van der Waals surface area contributed by atoms with E-state index in [-0.39, 0.29) is 11.5 Å². The summed E-state index contributed by atoms with van der Waals surface area (Å²) in [5.74, 6) is 3.06. The summed E-state index contributed by atoms with van der Waals surface area (Å²) >= 11 is 0. The lowest BCUT2D eigenvalue weighted by molar-refractivity contribution is 0.180. The third kappa shape index (κ3) is 3.23. The van der Waals surface area contributed by atoms with Crippen LogP contribution in [0.1, 0.15) is 46.5 Å². The first-order valence-electron chi connectivity index (χ1n) is 7.30. The molecule has 2 N–H and O–H groups in total. The van der Waals surface area contributed by atoms with E-state index in [1.807, 2.05) is 0 Å². The summed E-state index contributed by atoms with van der Waals surface area (Å²) in [5.41, 5.74) is 6.49. The van der Waals surface area contributed by atoms with Crippen LogP contribution >= 0.6 is 0 Å². The van der Waals surface area contributed by atoms with E-state index >= 15 is 0 Å². The van der Waals surface area contributed by atoms with E-state index in [9.17, 15) is 0 Å². The van der Waals surface area contributed by atoms with Crippen molar-refractivity contribution in [1.82, 2.24) is 4.90 Å². The first-order chi connectivity index (χ1) is 7.86. The Morgan fingerprint density at radius 1 is 1.24 bits per heavy atom. The Morgan fingerprint density at radius 3 is 2.41 bits per heavy atom. The van der Waals surface area contributed by atoms with Crippen LogP contribution in [-0.4, -0.2) is 31.1 Å². The number of rotatable bonds is 4. The van der Waals surface area contributed by atoms with E-state index < -0.39 is 0 Å². The maximum absolute atomic E-state index is 6.26. The highest BCUT2D eigenvalue weighted by Gasteiger charge is 2.39. The molecule has 2 rings (SSSR count). The lowest BCUT2D eigenvalue weighted by Crippen LogP contribution is -2.45. The van der Waals surface area contributed by atoms with Crippen LogP contribution in [-0.2, 0) is 0 Å². The van der Waals surface area contributed by atoms with Crippen molar-refractivity contribution in [3.05, 3.63) is 0 Å². The molecule has 0 aromatic rings. The number of nitrogens with two attached hydrogens (primary N) is 1. The minimum atomic E-state index is 0.225. The maximum atomic E-state index is 6.26. The van der Waals surface area contributed by atoms with Crippen molar-refractivity contribution in [2.24, 2.45) is 28.9 Å². The Labute approximate surface area is 107 Å². The molecule has 2 nitrogen and oxygen atoms in total. The molecule has 2 fully saturated rings. The number of hydrogen-bond acceptors (Lipinski definition) is 2. The highest BCUT2D eigenvalue weighted by Crippen LogP contribution is 2.48. The first-order valence-corrected chi connectivity index (χ1v) is 7.30. The Bertz CT molecular complexity index is 256. The van der Waals surface area contributed by atoms with Gasteiger partial charge in [0, 0.05) is 19.1 Å². The van der Waals surface area contributed by atoms with E-state index in [1.54, 1.807) is 0 Å². The van der Waals surface area contributed by atoms with E-state index in [1.165, 1.54) is 32.2 Å². The predicted molar refractivity (Wildman–Crippen MR) is 73.9 cm³/mol. The summed E-state index contributed by atoms with van der Waals surface area (Å²) in [5, 5.41) is 0. The average Bonchev–Trinajstić information content (AvgIpc) is 2.77. The second-order valence-corrected chi connectivity index (χ2v) is 7.63. The van der Waals surface area contributed by atoms with Gasteiger partial charge in [0.1, 0.15) is 0 Å². The van der Waals surface area contributed by atoms with Crippen LogP contribution in [0.5, 0.6) is 0 Å². The van der Waals surface area contributed by atoms with Gasteiger partial charge in [-0.25, -0.2) is 0 Å². The third-order valence-corrected chi connectivity index (χ3v) is 5.05. The van der Waals surface area contributed by atoms with Crippen LogP contribution in [0.25, 0.3) is 0 Å². The Kier molecular flexibility index (Phi) is 3.84. The van der Waals surface area contributed by atoms with Crippen molar-refractivity contribution in [1.29, 1.82) is 0 Å². The lowest BCUT2D eigenvalue weighted by atomic mass is 9.86. The SMILES string of the molecule is CN(CC1CC2CCC1C2)CC(N)C(C)(C)C. The molecule has 2 saturated carbocycles. The van der Waals surface area contributed by atoms with Gasteiger partial charge < -0.3 is 10.6 Å². The van der Waals surface area contributed by atoms with Gasteiger partial charge in [0.15, 0.2) is 0 Å². The van der Waals surface area contributed by atoms with Crippen LogP contribution in [0.2, 0.25) is 0 Å². The Morgan fingerprint density at radius 2 is 1.94 bits per heavy atom. The van der Waals surface area contributed by atoms with Crippen molar-refractivity contribution in [2.45, 2.75) is 52.5 Å². The molecule has 2 bridgehead atoms. The van der Waals surface area contributed by atoms with E-state index in [2.05, 4.69) is 32.7 Å². The molecule has 2 aliphatic carbocycles. The Hall–Kier alpha value is -0.0800. The Balaban J connectivity index is 1.76. The van der Waals surface area contributed by atoms with Gasteiger partial charge in [-0.2, -0.15) is 0 Å². The van der Waals surface area contributed by atoms with Crippen molar-refractivity contribution in [2.75, 3.05) is 20.1 Å². The molecule has 0 radical (unpaired) electrons. The van der Waals surface area contributed by atoms with Gasteiger partial charge in [-0.15, -0.1) is 0 Å². The molecule has 4 unspecified atom stereocenters. The molecule has 2 aliphatic rings. The first kappa shape index (κ1) is 13.4. The zero-order chi connectivity index (χ0) is 12.6. The lowest BCUT2D eigenvalue weighted by Gasteiger charge is -2.33. The topological polar surface area (TPSA) is 29.3 Å². The highest BCUT2D eigenvalue weighted by molar-refractivity contribution is 4.91. The minimum Gasteiger partial charge on any atom is -0.326 e. The fourth-order valence-corrected chi connectivity index (χ4v) is 3.68. The largest absolute Gasteiger partial charge is 0.326 e. The van der Waals surface area contributed by atoms with Gasteiger partial charge in [-0.3, -0.25) is 0 Å². The second-order valence-electron chi connectivity index (χ2n) is 7.63. The molecule has 2 heteroatoms. The molecular weight excluding hydrogens is 208 g/mol. The smallest absolute Gasteiger partial charge is 0.0217 e. The molecule has 17 heavy (non-hydrogen) atoms. The summed E-state index contributed by atoms with van der Waals surface area (Å²) in [4.78, 5) is 2.47. The average molecular weight is 238 g/mol. The van der Waals surface area contributed by atoms with Crippen LogP contribution in [0.4, 0.5) is 0 Å². The summed E-state index contributed by atoms with van der Waals surface area (Å²) in [6.45, 7) is 9.03. The number of likely N-dealkylation sites (N-methyl/N-ethyl adjacent to an activating group) is 1. The van der Waals surface area contributed by atoms with Crippen LogP contribution in [0, 0.1) is 23.2 Å². The molecule has 4 atom stereocenters. The molecule has 100 valence electrons. The van der Waals surface area contributed by atoms with Crippen molar-refractivity contribution in [3.63, 3.8) is 0 Å². The number of hydrogen-bond donors (Lipinski definition) is 1.